The smallest absolute Gasteiger partial charge is 0.307 e. The third-order valence-corrected chi connectivity index (χ3v) is 8.20. The summed E-state index contributed by atoms with van der Waals surface area (Å²) in [5.74, 6) is -2.99. The molecule has 4 aromatic carbocycles. The topological polar surface area (TPSA) is 182 Å². The summed E-state index contributed by atoms with van der Waals surface area (Å²) in [5, 5.41) is 63.4. The van der Waals surface area contributed by atoms with Crippen molar-refractivity contribution in [2.24, 2.45) is 0 Å². The van der Waals surface area contributed by atoms with Crippen molar-refractivity contribution in [2.45, 2.75) is 58.3 Å². The van der Waals surface area contributed by atoms with E-state index in [4.69, 9.17) is 4.74 Å². The van der Waals surface area contributed by atoms with Gasteiger partial charge in [0.15, 0.2) is 0 Å². The predicted octanol–water partition coefficient (Wildman–Crippen LogP) is 5.15. The Morgan fingerprint density at radius 2 is 0.851 bits per heavy atom. The number of fused-ring (bicyclic) bond motifs is 8. The van der Waals surface area contributed by atoms with Crippen molar-refractivity contribution in [1.29, 1.82) is 0 Å². The zero-order valence-corrected chi connectivity index (χ0v) is 25.9. The number of phenolic OH excluding ortho intramolecular Hbond substituents is 3. The highest BCUT2D eigenvalue weighted by Gasteiger charge is 2.22. The van der Waals surface area contributed by atoms with Gasteiger partial charge in [0.25, 0.3) is 0 Å². The normalized spacial score (nSPS) is 12.4. The molecule has 0 fully saturated rings. The van der Waals surface area contributed by atoms with E-state index in [1.165, 1.54) is 12.1 Å². The van der Waals surface area contributed by atoms with Gasteiger partial charge in [0.2, 0.25) is 0 Å². The number of carbonyl (C=O) groups is 3. The monoisotopic (exact) mass is 640 g/mol. The van der Waals surface area contributed by atoms with Gasteiger partial charge in [-0.05, 0) is 67.6 Å². The Labute approximate surface area is 271 Å². The van der Waals surface area contributed by atoms with Crippen molar-refractivity contribution in [3.8, 4) is 23.0 Å². The van der Waals surface area contributed by atoms with Gasteiger partial charge in [-0.2, -0.15) is 0 Å². The highest BCUT2D eigenvalue weighted by atomic mass is 16.5. The molecule has 4 aromatic rings. The number of para-hydroxylation sites is 1. The van der Waals surface area contributed by atoms with Gasteiger partial charge in [-0.3, -0.25) is 14.4 Å². The second kappa shape index (κ2) is 13.9. The fourth-order valence-electron chi connectivity index (χ4n) is 6.26. The Kier molecular flexibility index (Phi) is 9.70. The van der Waals surface area contributed by atoms with Gasteiger partial charge in [0, 0.05) is 25.7 Å². The van der Waals surface area contributed by atoms with Crippen LogP contribution in [0.3, 0.4) is 0 Å². The molecule has 0 unspecified atom stereocenters. The van der Waals surface area contributed by atoms with E-state index in [0.717, 1.165) is 0 Å². The Balaban J connectivity index is 1.80. The van der Waals surface area contributed by atoms with Gasteiger partial charge in [-0.25, -0.2) is 0 Å². The quantitative estimate of drug-likeness (QED) is 0.126. The third-order valence-electron chi connectivity index (χ3n) is 8.20. The Morgan fingerprint density at radius 3 is 1.13 bits per heavy atom. The first-order chi connectivity index (χ1) is 22.4. The van der Waals surface area contributed by atoms with Crippen molar-refractivity contribution < 1.29 is 49.8 Å². The summed E-state index contributed by atoms with van der Waals surface area (Å²) in [6, 6.07) is 15.0. The lowest BCUT2D eigenvalue weighted by Crippen LogP contribution is -2.08. The van der Waals surface area contributed by atoms with Crippen LogP contribution in [-0.2, 0) is 59.3 Å². The molecule has 0 saturated carbocycles. The maximum atomic E-state index is 11.7. The number of ether oxygens (including phenoxy) is 1. The van der Waals surface area contributed by atoms with Gasteiger partial charge in [-0.15, -0.1) is 0 Å². The lowest BCUT2D eigenvalue weighted by Gasteiger charge is -2.20. The van der Waals surface area contributed by atoms with E-state index in [9.17, 15) is 45.0 Å². The standard InChI is InChI=1S/C37H36O10/c1-2-6-47-37-23-4-3-5-24(37)17-26-8-21(14-32(40)41)10-28(35(26)45)19-30-12-22(15-33(42)43)11-29(36(30)46)18-27-9-20(13-31(38)39)7-25(16-23)34(27)44/h3-5,7-12,44-46H,2,6,13-19H2,1H3,(H,38,39)(H,40,41)(H,42,43). The van der Waals surface area contributed by atoms with Crippen LogP contribution in [0.5, 0.6) is 23.0 Å². The molecule has 0 heterocycles. The molecule has 8 bridgehead atoms. The number of benzene rings is 4. The molecule has 1 aliphatic carbocycles. The molecule has 0 aromatic heterocycles. The first-order valence-corrected chi connectivity index (χ1v) is 15.3. The van der Waals surface area contributed by atoms with Crippen LogP contribution in [0.4, 0.5) is 0 Å². The predicted molar refractivity (Wildman–Crippen MR) is 172 cm³/mol. The second-order valence-corrected chi connectivity index (χ2v) is 12.0. The number of hydrogen-bond acceptors (Lipinski definition) is 7. The molecule has 5 rings (SSSR count). The molecule has 0 atom stereocenters. The first kappa shape index (κ1) is 32.9. The van der Waals surface area contributed by atoms with E-state index in [2.05, 4.69) is 0 Å². The SMILES string of the molecule is CCCOc1c2cccc1Cc1cc(CC(=O)O)cc(c1O)Cc1cc(CC(=O)O)cc(c1O)Cc1cc(CC(=O)O)cc(c1O)C2. The molecule has 6 N–H and O–H groups in total. The Hall–Kier alpha value is -5.51. The average molecular weight is 641 g/mol. The summed E-state index contributed by atoms with van der Waals surface area (Å²) in [4.78, 5) is 35.2. The minimum absolute atomic E-state index is 0.0475. The van der Waals surface area contributed by atoms with E-state index in [1.807, 2.05) is 25.1 Å². The maximum Gasteiger partial charge on any atom is 0.307 e. The van der Waals surface area contributed by atoms with Crippen LogP contribution in [0, 0.1) is 0 Å². The van der Waals surface area contributed by atoms with Crippen molar-refractivity contribution >= 4 is 17.9 Å². The number of aliphatic carboxylic acids is 3. The van der Waals surface area contributed by atoms with E-state index < -0.39 is 17.9 Å². The maximum absolute atomic E-state index is 11.7. The lowest BCUT2D eigenvalue weighted by atomic mass is 9.88. The van der Waals surface area contributed by atoms with Gasteiger partial charge >= 0.3 is 17.9 Å². The zero-order chi connectivity index (χ0) is 33.8. The number of rotatable bonds is 9. The molecule has 10 nitrogen and oxygen atoms in total. The first-order valence-electron chi connectivity index (χ1n) is 15.3. The van der Waals surface area contributed by atoms with E-state index in [1.54, 1.807) is 24.3 Å². The molecule has 0 aliphatic heterocycles. The van der Waals surface area contributed by atoms with Crippen molar-refractivity contribution in [1.82, 2.24) is 0 Å². The average Bonchev–Trinajstić information content (AvgIpc) is 2.98. The van der Waals surface area contributed by atoms with E-state index in [0.29, 0.717) is 80.0 Å². The summed E-state index contributed by atoms with van der Waals surface area (Å²) in [6.07, 6.45) is -0.00159. The fraction of sp³-hybridized carbons (Fsp3) is 0.270. The Bertz CT molecular complexity index is 1760. The molecule has 0 saturated heterocycles. The van der Waals surface area contributed by atoms with E-state index >= 15 is 0 Å². The van der Waals surface area contributed by atoms with Crippen molar-refractivity contribution in [3.63, 3.8) is 0 Å². The van der Waals surface area contributed by atoms with Crippen LogP contribution in [-0.4, -0.2) is 55.2 Å². The van der Waals surface area contributed by atoms with Crippen LogP contribution >= 0.6 is 0 Å². The van der Waals surface area contributed by atoms with Crippen molar-refractivity contribution in [3.05, 3.63) is 116 Å². The summed E-state index contributed by atoms with van der Waals surface area (Å²) in [5.41, 5.74) is 4.88. The molecule has 0 spiro atoms. The number of carboxylic acids is 3. The molecule has 47 heavy (non-hydrogen) atoms. The van der Waals surface area contributed by atoms with Crippen molar-refractivity contribution in [2.75, 3.05) is 6.61 Å². The zero-order valence-electron chi connectivity index (χ0n) is 25.9. The summed E-state index contributed by atoms with van der Waals surface area (Å²) >= 11 is 0. The summed E-state index contributed by atoms with van der Waals surface area (Å²) in [6.45, 7) is 2.36. The van der Waals surface area contributed by atoms with Crippen LogP contribution in [0.2, 0.25) is 0 Å². The summed E-state index contributed by atoms with van der Waals surface area (Å²) < 4.78 is 6.24. The largest absolute Gasteiger partial charge is 0.507 e. The van der Waals surface area contributed by atoms with Gasteiger partial charge in [0.05, 0.1) is 25.9 Å². The number of carboxylic acid groups (broad SMARTS) is 3. The van der Waals surface area contributed by atoms with Crippen LogP contribution in [0.15, 0.2) is 54.6 Å². The minimum Gasteiger partial charge on any atom is -0.507 e. The summed E-state index contributed by atoms with van der Waals surface area (Å²) in [7, 11) is 0. The Morgan fingerprint density at radius 1 is 0.553 bits per heavy atom. The van der Waals surface area contributed by atoms with Crippen LogP contribution in [0.1, 0.15) is 74.5 Å². The van der Waals surface area contributed by atoms with E-state index in [-0.39, 0.29) is 62.2 Å². The minimum atomic E-state index is -1.10. The van der Waals surface area contributed by atoms with Gasteiger partial charge in [0.1, 0.15) is 23.0 Å². The molecular formula is C37H36O10. The third kappa shape index (κ3) is 7.66. The van der Waals surface area contributed by atoms with Gasteiger partial charge in [-0.1, -0.05) is 61.5 Å². The van der Waals surface area contributed by atoms with Gasteiger partial charge < -0.3 is 35.4 Å². The molecule has 10 heteroatoms. The number of aromatic hydroxyl groups is 3. The fourth-order valence-corrected chi connectivity index (χ4v) is 6.26. The van der Waals surface area contributed by atoms with Crippen LogP contribution in [0.25, 0.3) is 0 Å². The van der Waals surface area contributed by atoms with Crippen LogP contribution < -0.4 is 4.74 Å². The lowest BCUT2D eigenvalue weighted by molar-refractivity contribution is -0.137. The molecular weight excluding hydrogens is 604 g/mol. The highest BCUT2D eigenvalue weighted by molar-refractivity contribution is 5.72. The molecule has 1 aliphatic rings. The highest BCUT2D eigenvalue weighted by Crippen LogP contribution is 2.39. The number of phenols is 3. The second-order valence-electron chi connectivity index (χ2n) is 12.0. The molecule has 0 radical (unpaired) electrons. The number of hydrogen-bond donors (Lipinski definition) is 6. The molecule has 0 amide bonds. The molecule has 244 valence electrons.